The molecule has 0 fully saturated rings. The number of rotatable bonds is 11. The van der Waals surface area contributed by atoms with E-state index in [0.717, 1.165) is 14.2 Å². The first-order chi connectivity index (χ1) is 19.2. The zero-order valence-corrected chi connectivity index (χ0v) is 26.2. The molecule has 0 saturated heterocycles. The Morgan fingerprint density at radius 3 is 1.98 bits per heavy atom. The van der Waals surface area contributed by atoms with Gasteiger partial charge in [-0.05, 0) is 56.2 Å². The summed E-state index contributed by atoms with van der Waals surface area (Å²) in [6, 6.07) is 21.8. The molecule has 41 heavy (non-hydrogen) atoms. The van der Waals surface area contributed by atoms with E-state index in [4.69, 9.17) is 23.2 Å². The highest BCUT2D eigenvalue weighted by Crippen LogP contribution is 2.25. The number of carbonyl (C=O) groups excluding carboxylic acids is 2. The van der Waals surface area contributed by atoms with Crippen LogP contribution in [0.4, 0.5) is 5.69 Å². The smallest absolute Gasteiger partial charge is 0.304 e. The summed E-state index contributed by atoms with van der Waals surface area (Å²) in [6.07, 6.45) is 0.210. The van der Waals surface area contributed by atoms with E-state index in [1.165, 1.54) is 19.0 Å². The third-order valence-electron chi connectivity index (χ3n) is 6.17. The maximum atomic E-state index is 14.2. The molecule has 11 heteroatoms. The van der Waals surface area contributed by atoms with Crippen LogP contribution >= 0.6 is 23.2 Å². The van der Waals surface area contributed by atoms with Crippen molar-refractivity contribution in [3.63, 3.8) is 0 Å². The quantitative estimate of drug-likeness (QED) is 0.321. The van der Waals surface area contributed by atoms with Crippen LogP contribution in [0.25, 0.3) is 0 Å². The zero-order chi connectivity index (χ0) is 30.4. The largest absolute Gasteiger partial charge is 0.350 e. The molecule has 0 heterocycles. The predicted molar refractivity (Wildman–Crippen MR) is 165 cm³/mol. The number of para-hydroxylation sites is 1. The van der Waals surface area contributed by atoms with Crippen molar-refractivity contribution in [3.05, 3.63) is 100 Å². The Labute approximate surface area is 253 Å². The Balaban J connectivity index is 2.12. The molecular formula is C30H36Cl2N4O4S. The lowest BCUT2D eigenvalue weighted by atomic mass is 10.0. The lowest BCUT2D eigenvalue weighted by Crippen LogP contribution is -2.56. The van der Waals surface area contributed by atoms with Gasteiger partial charge < -0.3 is 10.2 Å². The number of hydrogen-bond donors (Lipinski definition) is 1. The van der Waals surface area contributed by atoms with Crippen LogP contribution in [0.2, 0.25) is 10.0 Å². The number of hydrogen-bond acceptors (Lipinski definition) is 4. The molecule has 220 valence electrons. The summed E-state index contributed by atoms with van der Waals surface area (Å²) >= 11 is 12.4. The van der Waals surface area contributed by atoms with E-state index in [-0.39, 0.29) is 18.9 Å². The summed E-state index contributed by atoms with van der Waals surface area (Å²) in [5, 5.41) is 3.65. The van der Waals surface area contributed by atoms with Gasteiger partial charge in [0.05, 0.1) is 15.7 Å². The number of anilines is 1. The normalized spacial score (nSPS) is 12.6. The fourth-order valence-corrected chi connectivity index (χ4v) is 5.53. The van der Waals surface area contributed by atoms with Crippen LogP contribution in [0.3, 0.4) is 0 Å². The van der Waals surface area contributed by atoms with Gasteiger partial charge in [-0.2, -0.15) is 12.7 Å². The van der Waals surface area contributed by atoms with Crippen LogP contribution in [-0.4, -0.2) is 61.7 Å². The first-order valence-corrected chi connectivity index (χ1v) is 15.2. The average Bonchev–Trinajstić information content (AvgIpc) is 2.91. The van der Waals surface area contributed by atoms with Gasteiger partial charge in [-0.25, -0.2) is 4.31 Å². The fraction of sp³-hybridized carbons (Fsp3) is 0.333. The second-order valence-corrected chi connectivity index (χ2v) is 13.7. The van der Waals surface area contributed by atoms with Crippen LogP contribution in [-0.2, 0) is 32.8 Å². The number of nitrogens with zero attached hydrogens (tertiary/aromatic N) is 3. The van der Waals surface area contributed by atoms with E-state index >= 15 is 0 Å². The van der Waals surface area contributed by atoms with E-state index in [1.54, 1.807) is 48.5 Å². The summed E-state index contributed by atoms with van der Waals surface area (Å²) in [7, 11) is -1.26. The zero-order valence-electron chi connectivity index (χ0n) is 23.8. The molecule has 8 nitrogen and oxygen atoms in total. The molecule has 1 atom stereocenters. The molecule has 0 aliphatic carbocycles. The minimum atomic E-state index is -4.06. The lowest BCUT2D eigenvalue weighted by molar-refractivity contribution is -0.140. The Hall–Kier alpha value is -3.11. The van der Waals surface area contributed by atoms with Crippen molar-refractivity contribution in [3.8, 4) is 0 Å². The van der Waals surface area contributed by atoms with E-state index in [0.29, 0.717) is 21.3 Å². The molecule has 0 aliphatic rings. The summed E-state index contributed by atoms with van der Waals surface area (Å²) in [4.78, 5) is 29.4. The van der Waals surface area contributed by atoms with Gasteiger partial charge in [0.2, 0.25) is 11.8 Å². The molecule has 0 bridgehead atoms. The van der Waals surface area contributed by atoms with Crippen molar-refractivity contribution in [1.82, 2.24) is 14.5 Å². The van der Waals surface area contributed by atoms with Crippen LogP contribution in [0, 0.1) is 0 Å². The van der Waals surface area contributed by atoms with Crippen molar-refractivity contribution in [2.75, 3.05) is 24.9 Å². The molecule has 2 amide bonds. The van der Waals surface area contributed by atoms with Gasteiger partial charge in [0.1, 0.15) is 12.6 Å². The van der Waals surface area contributed by atoms with Gasteiger partial charge in [-0.3, -0.25) is 9.59 Å². The highest BCUT2D eigenvalue weighted by atomic mass is 35.5. The van der Waals surface area contributed by atoms with Crippen molar-refractivity contribution in [2.45, 2.75) is 45.3 Å². The second kappa shape index (κ2) is 13.7. The topological polar surface area (TPSA) is 90.0 Å². The van der Waals surface area contributed by atoms with Crippen molar-refractivity contribution < 1.29 is 18.0 Å². The Morgan fingerprint density at radius 1 is 0.854 bits per heavy atom. The maximum Gasteiger partial charge on any atom is 0.304 e. The monoisotopic (exact) mass is 618 g/mol. The second-order valence-electron chi connectivity index (χ2n) is 10.8. The average molecular weight is 620 g/mol. The van der Waals surface area contributed by atoms with Crippen LogP contribution in [0.5, 0.6) is 0 Å². The van der Waals surface area contributed by atoms with Gasteiger partial charge in [0, 0.05) is 32.6 Å². The molecule has 3 aromatic rings. The van der Waals surface area contributed by atoms with E-state index in [2.05, 4.69) is 5.32 Å². The molecule has 0 unspecified atom stereocenters. The molecule has 3 rings (SSSR count). The number of halogens is 2. The first kappa shape index (κ1) is 32.4. The first-order valence-electron chi connectivity index (χ1n) is 13.0. The lowest BCUT2D eigenvalue weighted by Gasteiger charge is -2.35. The molecule has 0 spiro atoms. The number of benzene rings is 3. The summed E-state index contributed by atoms with van der Waals surface area (Å²) in [5.74, 6) is -0.924. The SMILES string of the molecule is CN(C)S(=O)(=O)N(CC(=O)N(Cc1ccc(Cl)c(Cl)c1)[C@@H](Cc1ccccc1)C(=O)NC(C)(C)C)c1ccccc1. The van der Waals surface area contributed by atoms with E-state index < -0.39 is 34.2 Å². The highest BCUT2D eigenvalue weighted by Gasteiger charge is 2.35. The molecule has 0 aromatic heterocycles. The Morgan fingerprint density at radius 2 is 1.44 bits per heavy atom. The van der Waals surface area contributed by atoms with Gasteiger partial charge in [0.15, 0.2) is 0 Å². The van der Waals surface area contributed by atoms with Crippen LogP contribution in [0.1, 0.15) is 31.9 Å². The van der Waals surface area contributed by atoms with Gasteiger partial charge in [0.25, 0.3) is 0 Å². The third-order valence-corrected chi connectivity index (χ3v) is 8.73. The molecule has 0 radical (unpaired) electrons. The van der Waals surface area contributed by atoms with Gasteiger partial charge >= 0.3 is 10.2 Å². The van der Waals surface area contributed by atoms with Crippen molar-refractivity contribution >= 4 is 50.9 Å². The number of nitrogens with one attached hydrogen (secondary N) is 1. The molecule has 0 aliphatic heterocycles. The molecular weight excluding hydrogens is 583 g/mol. The third kappa shape index (κ3) is 8.94. The van der Waals surface area contributed by atoms with Crippen molar-refractivity contribution in [1.29, 1.82) is 0 Å². The Bertz CT molecular complexity index is 1450. The molecule has 0 saturated carbocycles. The standard InChI is InChI=1S/C30H36Cl2N4O4S/c1-30(2,3)33-29(38)27(19-22-12-8-6-9-13-22)35(20-23-16-17-25(31)26(32)18-23)28(37)21-36(41(39,40)34(4)5)24-14-10-7-11-15-24/h6-18,27H,19-21H2,1-5H3,(H,33,38)/t27-/m0/s1. The number of carbonyl (C=O) groups is 2. The van der Waals surface area contributed by atoms with Gasteiger partial charge in [-0.15, -0.1) is 0 Å². The minimum Gasteiger partial charge on any atom is -0.350 e. The van der Waals surface area contributed by atoms with Gasteiger partial charge in [-0.1, -0.05) is 77.8 Å². The number of amides is 2. The van der Waals surface area contributed by atoms with E-state index in [1.807, 2.05) is 51.1 Å². The Kier molecular flexibility index (Phi) is 10.8. The van der Waals surface area contributed by atoms with Crippen LogP contribution < -0.4 is 9.62 Å². The highest BCUT2D eigenvalue weighted by molar-refractivity contribution is 7.90. The fourth-order valence-electron chi connectivity index (χ4n) is 4.15. The summed E-state index contributed by atoms with van der Waals surface area (Å²) in [6.45, 7) is 5.04. The molecule has 3 aromatic carbocycles. The van der Waals surface area contributed by atoms with Crippen molar-refractivity contribution in [2.24, 2.45) is 0 Å². The maximum absolute atomic E-state index is 14.2. The summed E-state index contributed by atoms with van der Waals surface area (Å²) < 4.78 is 28.8. The predicted octanol–water partition coefficient (Wildman–Crippen LogP) is 5.16. The van der Waals surface area contributed by atoms with Crippen LogP contribution in [0.15, 0.2) is 78.9 Å². The minimum absolute atomic E-state index is 0.00454. The van der Waals surface area contributed by atoms with E-state index in [9.17, 15) is 18.0 Å². The summed E-state index contributed by atoms with van der Waals surface area (Å²) in [5.41, 5.74) is 1.22. The molecule has 1 N–H and O–H groups in total.